The van der Waals surface area contributed by atoms with Crippen LogP contribution in [0.5, 0.6) is 5.75 Å². The Hall–Kier alpha value is -1.48. The third kappa shape index (κ3) is 4.01. The number of nitrogens with one attached hydrogen (secondary N) is 1. The van der Waals surface area contributed by atoms with Crippen LogP contribution in [0.3, 0.4) is 0 Å². The van der Waals surface area contributed by atoms with Crippen molar-refractivity contribution < 1.29 is 13.2 Å². The molecule has 0 unspecified atom stereocenters. The van der Waals surface area contributed by atoms with Gasteiger partial charge in [-0.3, -0.25) is 0 Å². The van der Waals surface area contributed by atoms with Crippen LogP contribution in [0.15, 0.2) is 34.7 Å². The zero-order valence-corrected chi connectivity index (χ0v) is 13.2. The smallest absolute Gasteiger partial charge is 0.244 e. The second-order valence-electron chi connectivity index (χ2n) is 4.26. The van der Waals surface area contributed by atoms with Gasteiger partial charge >= 0.3 is 0 Å². The van der Waals surface area contributed by atoms with Crippen molar-refractivity contribution in [1.82, 2.24) is 9.71 Å². The average Bonchev–Trinajstić information content (AvgIpc) is 2.99. The summed E-state index contributed by atoms with van der Waals surface area (Å²) in [6.07, 6.45) is 2.25. The van der Waals surface area contributed by atoms with Gasteiger partial charge in [-0.1, -0.05) is 6.07 Å². The summed E-state index contributed by atoms with van der Waals surface area (Å²) in [5.74, 6) is 0.291. The van der Waals surface area contributed by atoms with Gasteiger partial charge in [0.25, 0.3) is 0 Å². The Kier molecular flexibility index (Phi) is 5.29. The van der Waals surface area contributed by atoms with E-state index in [4.69, 9.17) is 10.5 Å². The van der Waals surface area contributed by atoms with Crippen LogP contribution in [0.4, 0.5) is 0 Å². The molecule has 0 spiro atoms. The Balaban J connectivity index is 2.11. The molecule has 6 nitrogen and oxygen atoms in total. The standard InChI is InChI=1S/C13H17N3O3S2/c1-19-11-8-10(9-14)2-3-12(11)21(17,18)16-5-4-13-15-6-7-20-13/h2-3,6-8,16H,4-5,9,14H2,1H3. The topological polar surface area (TPSA) is 94.3 Å². The molecule has 0 amide bonds. The van der Waals surface area contributed by atoms with Gasteiger partial charge in [-0.15, -0.1) is 11.3 Å². The lowest BCUT2D eigenvalue weighted by Gasteiger charge is -2.11. The maximum Gasteiger partial charge on any atom is 0.244 e. The number of nitrogens with two attached hydrogens (primary N) is 1. The van der Waals surface area contributed by atoms with E-state index in [2.05, 4.69) is 9.71 Å². The number of benzene rings is 1. The van der Waals surface area contributed by atoms with E-state index in [-0.39, 0.29) is 11.4 Å². The minimum atomic E-state index is -3.62. The van der Waals surface area contributed by atoms with Crippen molar-refractivity contribution in [3.05, 3.63) is 40.3 Å². The molecule has 0 aliphatic rings. The van der Waals surface area contributed by atoms with Crippen molar-refractivity contribution in [3.63, 3.8) is 0 Å². The van der Waals surface area contributed by atoms with Crippen molar-refractivity contribution in [2.45, 2.75) is 17.9 Å². The van der Waals surface area contributed by atoms with Crippen molar-refractivity contribution in [3.8, 4) is 5.75 Å². The molecule has 1 aromatic carbocycles. The van der Waals surface area contributed by atoms with Gasteiger partial charge in [-0.25, -0.2) is 18.1 Å². The summed E-state index contributed by atoms with van der Waals surface area (Å²) in [5.41, 5.74) is 6.35. The molecule has 3 N–H and O–H groups in total. The van der Waals surface area contributed by atoms with E-state index < -0.39 is 10.0 Å². The molecule has 8 heteroatoms. The van der Waals surface area contributed by atoms with Gasteiger partial charge in [0.1, 0.15) is 10.6 Å². The van der Waals surface area contributed by atoms with Crippen molar-refractivity contribution in [2.24, 2.45) is 5.73 Å². The zero-order valence-electron chi connectivity index (χ0n) is 11.6. The minimum Gasteiger partial charge on any atom is -0.495 e. The van der Waals surface area contributed by atoms with E-state index >= 15 is 0 Å². The summed E-state index contributed by atoms with van der Waals surface area (Å²) in [6.45, 7) is 0.617. The lowest BCUT2D eigenvalue weighted by molar-refractivity contribution is 0.401. The van der Waals surface area contributed by atoms with Crippen LogP contribution in [-0.4, -0.2) is 27.1 Å². The highest BCUT2D eigenvalue weighted by Crippen LogP contribution is 2.24. The molecule has 0 aliphatic carbocycles. The molecule has 0 saturated heterocycles. The summed E-state index contributed by atoms with van der Waals surface area (Å²) >= 11 is 1.50. The van der Waals surface area contributed by atoms with Crippen LogP contribution in [0, 0.1) is 0 Å². The van der Waals surface area contributed by atoms with Crippen LogP contribution >= 0.6 is 11.3 Å². The van der Waals surface area contributed by atoms with E-state index in [1.807, 2.05) is 5.38 Å². The maximum absolute atomic E-state index is 12.3. The SMILES string of the molecule is COc1cc(CN)ccc1S(=O)(=O)NCCc1nccs1. The summed E-state index contributed by atoms with van der Waals surface area (Å²) < 4.78 is 32.3. The first-order valence-electron chi connectivity index (χ1n) is 6.32. The normalized spacial score (nSPS) is 11.5. The summed E-state index contributed by atoms with van der Waals surface area (Å²) in [7, 11) is -2.19. The van der Waals surface area contributed by atoms with Crippen LogP contribution < -0.4 is 15.2 Å². The quantitative estimate of drug-likeness (QED) is 0.795. The first-order chi connectivity index (χ1) is 10.1. The molecule has 0 bridgehead atoms. The third-order valence-corrected chi connectivity index (χ3v) is 5.21. The molecule has 0 fully saturated rings. The summed E-state index contributed by atoms with van der Waals surface area (Å²) in [4.78, 5) is 4.22. The summed E-state index contributed by atoms with van der Waals surface area (Å²) in [5, 5.41) is 2.75. The Bertz CT molecular complexity index is 685. The van der Waals surface area contributed by atoms with Crippen molar-refractivity contribution >= 4 is 21.4 Å². The lowest BCUT2D eigenvalue weighted by Crippen LogP contribution is -2.26. The monoisotopic (exact) mass is 327 g/mol. The molecule has 2 rings (SSSR count). The Morgan fingerprint density at radius 2 is 2.24 bits per heavy atom. The number of methoxy groups -OCH3 is 1. The fourth-order valence-electron chi connectivity index (χ4n) is 1.81. The second kappa shape index (κ2) is 6.99. The molecule has 0 atom stereocenters. The molecule has 2 aromatic rings. The lowest BCUT2D eigenvalue weighted by atomic mass is 10.2. The van der Waals surface area contributed by atoms with Gasteiger partial charge in [0, 0.05) is 31.1 Å². The van der Waals surface area contributed by atoms with Crippen LogP contribution in [-0.2, 0) is 23.0 Å². The van der Waals surface area contributed by atoms with Gasteiger partial charge in [0.15, 0.2) is 0 Å². The van der Waals surface area contributed by atoms with E-state index in [1.165, 1.54) is 24.5 Å². The van der Waals surface area contributed by atoms with Crippen molar-refractivity contribution in [2.75, 3.05) is 13.7 Å². The van der Waals surface area contributed by atoms with Crippen molar-refractivity contribution in [1.29, 1.82) is 0 Å². The molecule has 1 aromatic heterocycles. The zero-order chi connectivity index (χ0) is 15.3. The minimum absolute atomic E-state index is 0.112. The van der Waals surface area contributed by atoms with Gasteiger partial charge in [0.2, 0.25) is 10.0 Å². The predicted octanol–water partition coefficient (Wildman–Crippen LogP) is 1.13. The van der Waals surface area contributed by atoms with Crippen LogP contribution in [0.1, 0.15) is 10.6 Å². The van der Waals surface area contributed by atoms with E-state index in [0.29, 0.717) is 18.7 Å². The molecule has 0 aliphatic heterocycles. The Morgan fingerprint density at radius 3 is 2.86 bits per heavy atom. The predicted molar refractivity (Wildman–Crippen MR) is 81.9 cm³/mol. The average molecular weight is 327 g/mol. The Morgan fingerprint density at radius 1 is 1.43 bits per heavy atom. The second-order valence-corrected chi connectivity index (χ2v) is 6.98. The molecule has 0 saturated carbocycles. The maximum atomic E-state index is 12.3. The largest absolute Gasteiger partial charge is 0.495 e. The number of sulfonamides is 1. The van der Waals surface area contributed by atoms with Gasteiger partial charge < -0.3 is 10.5 Å². The number of ether oxygens (including phenoxy) is 1. The fourth-order valence-corrected chi connectivity index (χ4v) is 3.61. The first-order valence-corrected chi connectivity index (χ1v) is 8.68. The highest BCUT2D eigenvalue weighted by Gasteiger charge is 2.19. The highest BCUT2D eigenvalue weighted by molar-refractivity contribution is 7.89. The molecule has 114 valence electrons. The van der Waals surface area contributed by atoms with E-state index in [0.717, 1.165) is 10.6 Å². The highest BCUT2D eigenvalue weighted by atomic mass is 32.2. The van der Waals surface area contributed by atoms with E-state index in [1.54, 1.807) is 18.3 Å². The number of rotatable bonds is 7. The first kappa shape index (κ1) is 15.9. The summed E-state index contributed by atoms with van der Waals surface area (Å²) in [6, 6.07) is 4.82. The van der Waals surface area contributed by atoms with Gasteiger partial charge in [0.05, 0.1) is 12.1 Å². The molecular formula is C13H17N3O3S2. The number of hydrogen-bond donors (Lipinski definition) is 2. The molecule has 21 heavy (non-hydrogen) atoms. The van der Waals surface area contributed by atoms with Gasteiger partial charge in [-0.05, 0) is 17.7 Å². The number of aromatic nitrogens is 1. The molecule has 1 heterocycles. The molecule has 0 radical (unpaired) electrons. The van der Waals surface area contributed by atoms with Crippen LogP contribution in [0.2, 0.25) is 0 Å². The third-order valence-electron chi connectivity index (χ3n) is 2.87. The number of nitrogens with zero attached hydrogens (tertiary/aromatic N) is 1. The molecular weight excluding hydrogens is 310 g/mol. The number of thiazole rings is 1. The van der Waals surface area contributed by atoms with Gasteiger partial charge in [-0.2, -0.15) is 0 Å². The van der Waals surface area contributed by atoms with E-state index in [9.17, 15) is 8.42 Å². The van der Waals surface area contributed by atoms with Crippen LogP contribution in [0.25, 0.3) is 0 Å². The fraction of sp³-hybridized carbons (Fsp3) is 0.308. The Labute approximate surface area is 128 Å². The number of hydrogen-bond acceptors (Lipinski definition) is 6.